The van der Waals surface area contributed by atoms with Crippen molar-refractivity contribution >= 4 is 17.6 Å². The number of hydrogen-bond acceptors (Lipinski definition) is 4. The summed E-state index contributed by atoms with van der Waals surface area (Å²) in [5.74, 6) is -1.41. The van der Waals surface area contributed by atoms with E-state index in [-0.39, 0.29) is 12.3 Å². The molecule has 1 aromatic carbocycles. The van der Waals surface area contributed by atoms with Gasteiger partial charge >= 0.3 is 5.97 Å². The van der Waals surface area contributed by atoms with Crippen LogP contribution in [0.15, 0.2) is 24.3 Å². The maximum Gasteiger partial charge on any atom is 0.321 e. The lowest BCUT2D eigenvalue weighted by Crippen LogP contribution is -2.41. The molecular formula is C13H19N3O3. The fraction of sp³-hybridized carbons (Fsp3) is 0.385. The molecule has 0 aliphatic rings. The first-order valence-corrected chi connectivity index (χ1v) is 6.05. The summed E-state index contributed by atoms with van der Waals surface area (Å²) in [7, 11) is 0. The summed E-state index contributed by atoms with van der Waals surface area (Å²) in [6.07, 6.45) is -0.136. The molecule has 0 fully saturated rings. The maximum absolute atomic E-state index is 11.7. The van der Waals surface area contributed by atoms with E-state index in [1.165, 1.54) is 0 Å². The Hall–Kier alpha value is -1.92. The highest BCUT2D eigenvalue weighted by molar-refractivity contribution is 5.94. The number of carbonyl (C=O) groups is 2. The standard InChI is InChI=1S/C13H19N3O3/c1-9-2-4-10(5-3-9)16-12(17)8-11(13(18)19)15-7-6-14/h2-5,11,15H,6-8,14H2,1H3,(H,16,17)(H,18,19)/t11-/m0/s1. The summed E-state index contributed by atoms with van der Waals surface area (Å²) < 4.78 is 0. The molecule has 0 spiro atoms. The molecule has 0 aliphatic carbocycles. The predicted octanol–water partition coefficient (Wildman–Crippen LogP) is 0.325. The van der Waals surface area contributed by atoms with E-state index in [1.54, 1.807) is 12.1 Å². The van der Waals surface area contributed by atoms with E-state index in [1.807, 2.05) is 19.1 Å². The van der Waals surface area contributed by atoms with Gasteiger partial charge in [0, 0.05) is 18.8 Å². The normalized spacial score (nSPS) is 11.9. The zero-order valence-electron chi connectivity index (χ0n) is 10.8. The monoisotopic (exact) mass is 265 g/mol. The predicted molar refractivity (Wildman–Crippen MR) is 72.9 cm³/mol. The van der Waals surface area contributed by atoms with Crippen LogP contribution >= 0.6 is 0 Å². The van der Waals surface area contributed by atoms with Crippen molar-refractivity contribution in [3.63, 3.8) is 0 Å². The van der Waals surface area contributed by atoms with E-state index in [2.05, 4.69) is 10.6 Å². The van der Waals surface area contributed by atoms with Crippen LogP contribution in [0.5, 0.6) is 0 Å². The molecule has 1 rings (SSSR count). The molecule has 0 aliphatic heterocycles. The summed E-state index contributed by atoms with van der Waals surface area (Å²) in [6.45, 7) is 2.63. The third-order valence-electron chi connectivity index (χ3n) is 2.56. The van der Waals surface area contributed by atoms with Crippen LogP contribution < -0.4 is 16.4 Å². The van der Waals surface area contributed by atoms with Crippen LogP contribution in [-0.2, 0) is 9.59 Å². The average Bonchev–Trinajstić information content (AvgIpc) is 2.37. The summed E-state index contributed by atoms with van der Waals surface area (Å²) in [5, 5.41) is 14.3. The van der Waals surface area contributed by atoms with Gasteiger partial charge in [0.05, 0.1) is 6.42 Å². The molecular weight excluding hydrogens is 246 g/mol. The third kappa shape index (κ3) is 5.50. The minimum atomic E-state index is -1.06. The molecule has 6 heteroatoms. The Bertz CT molecular complexity index is 431. The highest BCUT2D eigenvalue weighted by atomic mass is 16.4. The molecule has 0 saturated carbocycles. The van der Waals surface area contributed by atoms with Gasteiger partial charge in [-0.2, -0.15) is 0 Å². The summed E-state index contributed by atoms with van der Waals surface area (Å²) in [5.41, 5.74) is 7.03. The van der Waals surface area contributed by atoms with Gasteiger partial charge in [-0.15, -0.1) is 0 Å². The number of hydrogen-bond donors (Lipinski definition) is 4. The van der Waals surface area contributed by atoms with E-state index in [0.29, 0.717) is 18.8 Å². The number of rotatable bonds is 7. The van der Waals surface area contributed by atoms with Crippen LogP contribution in [0.4, 0.5) is 5.69 Å². The van der Waals surface area contributed by atoms with Crippen molar-refractivity contribution in [1.29, 1.82) is 0 Å². The van der Waals surface area contributed by atoms with E-state index >= 15 is 0 Å². The van der Waals surface area contributed by atoms with Gasteiger partial charge in [0.15, 0.2) is 0 Å². The SMILES string of the molecule is Cc1ccc(NC(=O)C[C@H](NCCN)C(=O)O)cc1. The highest BCUT2D eigenvalue weighted by Crippen LogP contribution is 2.09. The Morgan fingerprint density at radius 1 is 1.32 bits per heavy atom. The lowest BCUT2D eigenvalue weighted by atomic mass is 10.2. The molecule has 104 valence electrons. The van der Waals surface area contributed by atoms with Crippen LogP contribution in [0, 0.1) is 6.92 Å². The molecule has 0 bridgehead atoms. The van der Waals surface area contributed by atoms with Gasteiger partial charge in [0.2, 0.25) is 5.91 Å². The van der Waals surface area contributed by atoms with Crippen molar-refractivity contribution in [2.75, 3.05) is 18.4 Å². The summed E-state index contributed by atoms with van der Waals surface area (Å²) in [6, 6.07) is 6.37. The molecule has 0 radical (unpaired) electrons. The molecule has 1 aromatic rings. The second-order valence-corrected chi connectivity index (χ2v) is 4.25. The van der Waals surface area contributed by atoms with E-state index in [0.717, 1.165) is 5.56 Å². The zero-order valence-corrected chi connectivity index (χ0v) is 10.8. The smallest absolute Gasteiger partial charge is 0.321 e. The van der Waals surface area contributed by atoms with Gasteiger partial charge in [0.1, 0.15) is 6.04 Å². The largest absolute Gasteiger partial charge is 0.480 e. The number of carbonyl (C=O) groups excluding carboxylic acids is 1. The van der Waals surface area contributed by atoms with Crippen molar-refractivity contribution in [2.45, 2.75) is 19.4 Å². The van der Waals surface area contributed by atoms with Crippen LogP contribution in [0.2, 0.25) is 0 Å². The molecule has 0 heterocycles. The minimum Gasteiger partial charge on any atom is -0.480 e. The van der Waals surface area contributed by atoms with E-state index in [4.69, 9.17) is 10.8 Å². The van der Waals surface area contributed by atoms with Gasteiger partial charge in [-0.05, 0) is 19.1 Å². The van der Waals surface area contributed by atoms with Gasteiger partial charge in [-0.3, -0.25) is 9.59 Å². The number of benzene rings is 1. The molecule has 6 nitrogen and oxygen atoms in total. The number of nitrogens with two attached hydrogens (primary N) is 1. The van der Waals surface area contributed by atoms with Crippen molar-refractivity contribution in [3.05, 3.63) is 29.8 Å². The molecule has 1 atom stereocenters. The van der Waals surface area contributed by atoms with E-state index < -0.39 is 12.0 Å². The zero-order chi connectivity index (χ0) is 14.3. The number of aliphatic carboxylic acids is 1. The fourth-order valence-corrected chi connectivity index (χ4v) is 1.54. The highest BCUT2D eigenvalue weighted by Gasteiger charge is 2.20. The quantitative estimate of drug-likeness (QED) is 0.568. The topological polar surface area (TPSA) is 104 Å². The number of amides is 1. The lowest BCUT2D eigenvalue weighted by Gasteiger charge is -2.13. The number of aryl methyl sites for hydroxylation is 1. The maximum atomic E-state index is 11.7. The molecule has 0 aromatic heterocycles. The molecule has 0 unspecified atom stereocenters. The number of carboxylic acids is 1. The van der Waals surface area contributed by atoms with Crippen molar-refractivity contribution in [1.82, 2.24) is 5.32 Å². The van der Waals surface area contributed by atoms with Gasteiger partial charge in [-0.1, -0.05) is 17.7 Å². The van der Waals surface area contributed by atoms with Crippen LogP contribution in [0.25, 0.3) is 0 Å². The third-order valence-corrected chi connectivity index (χ3v) is 2.56. The second kappa shape index (κ2) is 7.50. The van der Waals surface area contributed by atoms with Gasteiger partial charge < -0.3 is 21.5 Å². The Kier molecular flexibility index (Phi) is 5.98. The summed E-state index contributed by atoms with van der Waals surface area (Å²) in [4.78, 5) is 22.7. The molecule has 0 saturated heterocycles. The van der Waals surface area contributed by atoms with Gasteiger partial charge in [-0.25, -0.2) is 0 Å². The first-order chi connectivity index (χ1) is 9.02. The van der Waals surface area contributed by atoms with Crippen LogP contribution in [0.1, 0.15) is 12.0 Å². The van der Waals surface area contributed by atoms with Crippen LogP contribution in [0.3, 0.4) is 0 Å². The Balaban J connectivity index is 2.52. The number of nitrogens with one attached hydrogen (secondary N) is 2. The van der Waals surface area contributed by atoms with Crippen molar-refractivity contribution < 1.29 is 14.7 Å². The molecule has 1 amide bonds. The Morgan fingerprint density at radius 2 is 1.95 bits per heavy atom. The number of anilines is 1. The molecule has 19 heavy (non-hydrogen) atoms. The Labute approximate surface area is 112 Å². The van der Waals surface area contributed by atoms with Crippen molar-refractivity contribution in [2.24, 2.45) is 5.73 Å². The van der Waals surface area contributed by atoms with E-state index in [9.17, 15) is 9.59 Å². The number of carboxylic acid groups (broad SMARTS) is 1. The first-order valence-electron chi connectivity index (χ1n) is 6.05. The fourth-order valence-electron chi connectivity index (χ4n) is 1.54. The van der Waals surface area contributed by atoms with Gasteiger partial charge in [0.25, 0.3) is 0 Å². The Morgan fingerprint density at radius 3 is 2.47 bits per heavy atom. The van der Waals surface area contributed by atoms with Crippen molar-refractivity contribution in [3.8, 4) is 0 Å². The lowest BCUT2D eigenvalue weighted by molar-refractivity contribution is -0.141. The average molecular weight is 265 g/mol. The summed E-state index contributed by atoms with van der Waals surface area (Å²) >= 11 is 0. The van der Waals surface area contributed by atoms with Crippen LogP contribution in [-0.4, -0.2) is 36.1 Å². The minimum absolute atomic E-state index is 0.136. The first kappa shape index (κ1) is 15.1. The molecule has 5 N–H and O–H groups in total. The second-order valence-electron chi connectivity index (χ2n) is 4.25.